The Kier molecular flexibility index (Phi) is 7.25. The molecule has 1 unspecified atom stereocenters. The fraction of sp³-hybridized carbons (Fsp3) is 0.156. The summed E-state index contributed by atoms with van der Waals surface area (Å²) in [6, 6.07) is 34.3. The number of anilines is 1. The Labute approximate surface area is 230 Å². The number of hydrogen-bond acceptors (Lipinski definition) is 5. The van der Waals surface area contributed by atoms with E-state index in [9.17, 15) is 0 Å². The lowest BCUT2D eigenvalue weighted by Crippen LogP contribution is -2.24. The van der Waals surface area contributed by atoms with Crippen molar-refractivity contribution in [2.24, 2.45) is 4.99 Å². The zero-order chi connectivity index (χ0) is 26.8. The maximum atomic E-state index is 6.70. The largest absolute Gasteiger partial charge is 0.497 e. The van der Waals surface area contributed by atoms with E-state index in [2.05, 4.69) is 73.0 Å². The van der Waals surface area contributed by atoms with Crippen LogP contribution in [0.5, 0.6) is 11.5 Å². The maximum absolute atomic E-state index is 6.70. The first-order valence-electron chi connectivity index (χ1n) is 12.5. The third kappa shape index (κ3) is 5.18. The molecule has 1 atom stereocenters. The second kappa shape index (κ2) is 10.6. The summed E-state index contributed by atoms with van der Waals surface area (Å²) >= 11 is 6.37. The fourth-order valence-corrected chi connectivity index (χ4v) is 7.84. The lowest BCUT2D eigenvalue weighted by Gasteiger charge is -2.28. The fourth-order valence-electron chi connectivity index (χ4n) is 4.77. The van der Waals surface area contributed by atoms with Crippen LogP contribution in [0.1, 0.15) is 25.0 Å². The molecular formula is C32H31N2O2PS. The minimum absolute atomic E-state index is 0.185. The van der Waals surface area contributed by atoms with Crippen molar-refractivity contribution in [1.29, 1.82) is 0 Å². The number of methoxy groups -OCH3 is 1. The number of likely N-dealkylation sites (N-methyl/N-ethyl adjacent to an activating group) is 1. The van der Waals surface area contributed by atoms with Crippen LogP contribution in [-0.2, 0) is 17.2 Å². The van der Waals surface area contributed by atoms with E-state index in [-0.39, 0.29) is 5.41 Å². The van der Waals surface area contributed by atoms with Gasteiger partial charge in [0.2, 0.25) is 0 Å². The Morgan fingerprint density at radius 1 is 0.816 bits per heavy atom. The van der Waals surface area contributed by atoms with E-state index in [1.54, 1.807) is 7.11 Å². The Morgan fingerprint density at radius 3 is 2.11 bits per heavy atom. The first-order valence-corrected chi connectivity index (χ1v) is 15.3. The van der Waals surface area contributed by atoms with Crippen LogP contribution < -0.4 is 19.5 Å². The summed E-state index contributed by atoms with van der Waals surface area (Å²) in [6.45, 7) is 4.51. The van der Waals surface area contributed by atoms with E-state index < -0.39 is 6.26 Å². The number of allylic oxidation sites excluding steroid dienone is 1. The zero-order valence-corrected chi connectivity index (χ0v) is 23.7. The van der Waals surface area contributed by atoms with Gasteiger partial charge >= 0.3 is 0 Å². The molecule has 0 saturated heterocycles. The van der Waals surface area contributed by atoms with Crippen molar-refractivity contribution in [2.75, 3.05) is 19.1 Å². The van der Waals surface area contributed by atoms with Gasteiger partial charge in [-0.05, 0) is 77.5 Å². The second-order valence-corrected chi connectivity index (χ2v) is 13.5. The van der Waals surface area contributed by atoms with Gasteiger partial charge in [-0.25, -0.2) is 0 Å². The minimum atomic E-state index is -2.59. The predicted octanol–water partition coefficient (Wildman–Crippen LogP) is 7.81. The van der Waals surface area contributed by atoms with Crippen molar-refractivity contribution in [3.05, 3.63) is 126 Å². The summed E-state index contributed by atoms with van der Waals surface area (Å²) in [6.07, 6.45) is -0.749. The molecule has 4 aromatic rings. The molecule has 0 spiro atoms. The smallest absolute Gasteiger partial charge is 0.166 e. The van der Waals surface area contributed by atoms with Crippen molar-refractivity contribution in [3.63, 3.8) is 0 Å². The Hall–Kier alpha value is -3.66. The van der Waals surface area contributed by atoms with E-state index in [1.807, 2.05) is 72.9 Å². The summed E-state index contributed by atoms with van der Waals surface area (Å²) in [5.74, 6) is 3.76. The highest BCUT2D eigenvalue weighted by molar-refractivity contribution is 8.17. The van der Waals surface area contributed by atoms with Crippen LogP contribution in [0.4, 0.5) is 11.4 Å². The van der Waals surface area contributed by atoms with Gasteiger partial charge in [0, 0.05) is 41.2 Å². The van der Waals surface area contributed by atoms with Crippen LogP contribution in [0.25, 0.3) is 0 Å². The Balaban J connectivity index is 1.45. The zero-order valence-electron chi connectivity index (χ0n) is 22.0. The monoisotopic (exact) mass is 538 g/mol. The van der Waals surface area contributed by atoms with Crippen molar-refractivity contribution in [2.45, 2.75) is 19.3 Å². The molecule has 0 radical (unpaired) electrons. The van der Waals surface area contributed by atoms with Crippen LogP contribution in [0.3, 0.4) is 0 Å². The van der Waals surface area contributed by atoms with Crippen molar-refractivity contribution in [1.82, 2.24) is 0 Å². The van der Waals surface area contributed by atoms with Crippen LogP contribution in [0.15, 0.2) is 120 Å². The molecule has 1 aliphatic heterocycles. The number of aliphatic imine (C=N–C) groups is 1. The Morgan fingerprint density at radius 2 is 1.45 bits per heavy atom. The van der Waals surface area contributed by atoms with Gasteiger partial charge in [0.15, 0.2) is 6.26 Å². The molecule has 192 valence electrons. The van der Waals surface area contributed by atoms with Gasteiger partial charge in [-0.1, -0.05) is 62.4 Å². The first kappa shape index (κ1) is 26.0. The van der Waals surface area contributed by atoms with Crippen LogP contribution >= 0.6 is 6.26 Å². The number of nitrogens with zero attached hydrogens (tertiary/aromatic N) is 2. The van der Waals surface area contributed by atoms with Crippen LogP contribution in [0, 0.1) is 0 Å². The highest BCUT2D eigenvalue weighted by Gasteiger charge is 2.40. The summed E-state index contributed by atoms with van der Waals surface area (Å²) < 4.78 is 11.9. The van der Waals surface area contributed by atoms with Gasteiger partial charge in [-0.3, -0.25) is 4.99 Å². The lowest BCUT2D eigenvalue weighted by molar-refractivity contribution is 0.415. The van der Waals surface area contributed by atoms with Crippen molar-refractivity contribution in [3.8, 4) is 11.5 Å². The lowest BCUT2D eigenvalue weighted by atomic mass is 9.84. The number of rotatable bonds is 7. The number of hydrogen-bond donors (Lipinski definition) is 0. The molecule has 6 heteroatoms. The molecular weight excluding hydrogens is 507 g/mol. The normalized spacial score (nSPS) is 16.8. The molecule has 0 aliphatic carbocycles. The summed E-state index contributed by atoms with van der Waals surface area (Å²) in [4.78, 5) is 6.82. The average Bonchev–Trinajstić information content (AvgIpc) is 3.14. The number of fused-ring (bicyclic) bond motifs is 1. The highest BCUT2D eigenvalue weighted by Crippen LogP contribution is 2.55. The molecule has 0 aromatic heterocycles. The molecule has 1 aliphatic rings. The van der Waals surface area contributed by atoms with E-state index in [0.717, 1.165) is 33.8 Å². The molecule has 0 N–H and O–H groups in total. The van der Waals surface area contributed by atoms with E-state index >= 15 is 0 Å². The molecule has 0 amide bonds. The second-order valence-electron chi connectivity index (χ2n) is 9.76. The van der Waals surface area contributed by atoms with Gasteiger partial charge in [0.25, 0.3) is 0 Å². The number of benzene rings is 4. The summed E-state index contributed by atoms with van der Waals surface area (Å²) in [5.41, 5.74) is 5.32. The quantitative estimate of drug-likeness (QED) is 0.178. The highest BCUT2D eigenvalue weighted by atomic mass is 32.4. The molecule has 0 fully saturated rings. The predicted molar refractivity (Wildman–Crippen MR) is 164 cm³/mol. The summed E-state index contributed by atoms with van der Waals surface area (Å²) in [7, 11) is 3.77. The van der Waals surface area contributed by atoms with Crippen molar-refractivity contribution < 1.29 is 9.26 Å². The van der Waals surface area contributed by atoms with Crippen LogP contribution in [0.2, 0.25) is 0 Å². The van der Waals surface area contributed by atoms with E-state index in [0.29, 0.717) is 0 Å². The topological polar surface area (TPSA) is 34.1 Å². The molecule has 38 heavy (non-hydrogen) atoms. The molecule has 4 aromatic carbocycles. The van der Waals surface area contributed by atoms with Gasteiger partial charge in [-0.2, -0.15) is 0 Å². The number of ether oxygens (including phenoxy) is 1. The first-order chi connectivity index (χ1) is 18.3. The van der Waals surface area contributed by atoms with Gasteiger partial charge < -0.3 is 14.2 Å². The molecule has 4 nitrogen and oxygen atoms in total. The Bertz CT molecular complexity index is 1530. The summed E-state index contributed by atoms with van der Waals surface area (Å²) in [5, 5.41) is 1.02. The molecule has 1 heterocycles. The third-order valence-corrected chi connectivity index (χ3v) is 10.2. The standard InChI is InChI=1S/C32H31N2O2PS/c1-32(2)29-12-8-9-13-30(29)34(3)31(32)23-37(38,28-10-6-5-7-11-28)36-27-18-14-24(15-19-27)22-33-25-16-20-26(35-4)21-17-25/h5-23H,1-4H3/b31-23-,33-22?. The molecule has 0 saturated carbocycles. The SMILES string of the molecule is COc1ccc(N=Cc2ccc(OP(=S)(/C=C3\N(C)c4ccccc4C3(C)C)c3ccccc3)cc2)cc1. The van der Waals surface area contributed by atoms with E-state index in [1.165, 1.54) is 11.3 Å². The van der Waals surface area contributed by atoms with Gasteiger partial charge in [0.1, 0.15) is 11.5 Å². The van der Waals surface area contributed by atoms with Gasteiger partial charge in [0.05, 0.1) is 12.8 Å². The maximum Gasteiger partial charge on any atom is 0.166 e. The van der Waals surface area contributed by atoms with Crippen molar-refractivity contribution >= 4 is 41.0 Å². The number of para-hydroxylation sites is 1. The third-order valence-electron chi connectivity index (χ3n) is 6.91. The molecule has 0 bridgehead atoms. The van der Waals surface area contributed by atoms with E-state index in [4.69, 9.17) is 21.1 Å². The van der Waals surface area contributed by atoms with Crippen LogP contribution in [-0.4, -0.2) is 20.4 Å². The minimum Gasteiger partial charge on any atom is -0.497 e. The van der Waals surface area contributed by atoms with Gasteiger partial charge in [-0.15, -0.1) is 0 Å². The average molecular weight is 539 g/mol. The molecule has 5 rings (SSSR count).